The minimum Gasteiger partial charge on any atom is -0.483 e. The minimum atomic E-state index is -0.250. The van der Waals surface area contributed by atoms with Crippen LogP contribution in [0.25, 0.3) is 0 Å². The molecule has 0 aliphatic carbocycles. The number of nitrogens with one attached hydrogen (secondary N) is 2. The van der Waals surface area contributed by atoms with Crippen LogP contribution in [0.15, 0.2) is 6.20 Å². The summed E-state index contributed by atoms with van der Waals surface area (Å²) in [7, 11) is 2.11. The van der Waals surface area contributed by atoms with E-state index in [9.17, 15) is 4.79 Å². The number of nitrogens with zero attached hydrogens (tertiary/aromatic N) is 4. The smallest absolute Gasteiger partial charge is 0.290 e. The van der Waals surface area contributed by atoms with Gasteiger partial charge < -0.3 is 15.3 Å². The number of hydrogen-bond acceptors (Lipinski definition) is 6. The van der Waals surface area contributed by atoms with Crippen molar-refractivity contribution in [3.63, 3.8) is 0 Å². The molecule has 2 rings (SSSR count). The van der Waals surface area contributed by atoms with Crippen LogP contribution in [0.3, 0.4) is 0 Å². The van der Waals surface area contributed by atoms with Gasteiger partial charge >= 0.3 is 0 Å². The number of aromatic nitrogens is 3. The van der Waals surface area contributed by atoms with E-state index in [1.54, 1.807) is 6.20 Å². The topological polar surface area (TPSA) is 114 Å². The highest BCUT2D eigenvalue weighted by Crippen LogP contribution is 2.04. The zero-order valence-corrected chi connectivity index (χ0v) is 13.0. The van der Waals surface area contributed by atoms with Crippen molar-refractivity contribution in [2.75, 3.05) is 39.8 Å². The maximum Gasteiger partial charge on any atom is 0.290 e. The highest BCUT2D eigenvalue weighted by atomic mass is 16.3. The zero-order chi connectivity index (χ0) is 16.4. The predicted octanol–water partition coefficient (Wildman–Crippen LogP) is -1.20. The van der Waals surface area contributed by atoms with Crippen molar-refractivity contribution in [1.82, 2.24) is 30.5 Å². The third kappa shape index (κ3) is 6.19. The standard InChI is InChI=1S/C12H22N6O.CH2O2/c1-10(18-7-5-17(2)6-8-18)12(19)13-4-3-11-9-14-16-15-11;2-1-3/h9-10H,3-8H2,1-2H3,(H,13,19)(H,14,15,16);1H,(H,2,3). The van der Waals surface area contributed by atoms with E-state index in [4.69, 9.17) is 9.90 Å². The Morgan fingerprint density at radius 2 is 2.14 bits per heavy atom. The Labute approximate surface area is 129 Å². The van der Waals surface area contributed by atoms with Crippen LogP contribution in [0.1, 0.15) is 12.6 Å². The van der Waals surface area contributed by atoms with Crippen LogP contribution in [-0.2, 0) is 16.0 Å². The van der Waals surface area contributed by atoms with E-state index < -0.39 is 0 Å². The molecule has 1 amide bonds. The van der Waals surface area contributed by atoms with Crippen LogP contribution in [0.5, 0.6) is 0 Å². The molecule has 1 aromatic heterocycles. The summed E-state index contributed by atoms with van der Waals surface area (Å²) >= 11 is 0. The third-order valence-electron chi connectivity index (χ3n) is 3.61. The molecule has 3 N–H and O–H groups in total. The van der Waals surface area contributed by atoms with Crippen LogP contribution >= 0.6 is 0 Å². The van der Waals surface area contributed by atoms with E-state index in [-0.39, 0.29) is 18.4 Å². The van der Waals surface area contributed by atoms with Gasteiger partial charge in [0.05, 0.1) is 17.9 Å². The molecule has 0 spiro atoms. The van der Waals surface area contributed by atoms with Crippen molar-refractivity contribution >= 4 is 12.4 Å². The van der Waals surface area contributed by atoms with E-state index in [0.29, 0.717) is 13.0 Å². The molecule has 1 aromatic rings. The van der Waals surface area contributed by atoms with Gasteiger partial charge in [-0.25, -0.2) is 0 Å². The Kier molecular flexibility index (Phi) is 8.08. The van der Waals surface area contributed by atoms with Gasteiger partial charge in [-0.2, -0.15) is 15.4 Å². The number of H-pyrrole nitrogens is 1. The van der Waals surface area contributed by atoms with Gasteiger partial charge in [-0.3, -0.25) is 14.5 Å². The molecule has 124 valence electrons. The lowest BCUT2D eigenvalue weighted by Gasteiger charge is -2.35. The number of rotatable bonds is 5. The molecule has 1 fully saturated rings. The van der Waals surface area contributed by atoms with E-state index in [1.165, 1.54) is 0 Å². The first kappa shape index (κ1) is 18.1. The Balaban J connectivity index is 0.000000745. The molecule has 0 radical (unpaired) electrons. The highest BCUT2D eigenvalue weighted by Gasteiger charge is 2.23. The highest BCUT2D eigenvalue weighted by molar-refractivity contribution is 5.81. The van der Waals surface area contributed by atoms with Crippen LogP contribution in [-0.4, -0.2) is 88.5 Å². The van der Waals surface area contributed by atoms with Crippen molar-refractivity contribution in [2.45, 2.75) is 19.4 Å². The van der Waals surface area contributed by atoms with E-state index >= 15 is 0 Å². The molecule has 1 saturated heterocycles. The normalized spacial score (nSPS) is 17.2. The molecule has 0 saturated carbocycles. The molecule has 0 aromatic carbocycles. The first-order valence-corrected chi connectivity index (χ1v) is 7.21. The van der Waals surface area contributed by atoms with Gasteiger partial charge in [0, 0.05) is 39.1 Å². The maximum atomic E-state index is 12.0. The lowest BCUT2D eigenvalue weighted by atomic mass is 10.2. The largest absolute Gasteiger partial charge is 0.483 e. The monoisotopic (exact) mass is 312 g/mol. The maximum absolute atomic E-state index is 12.0. The SMILES string of the molecule is CC(C(=O)NCCc1cn[nH]n1)N1CCN(C)CC1.O=CO. The van der Waals surface area contributed by atoms with Crippen LogP contribution in [0.2, 0.25) is 0 Å². The Bertz CT molecular complexity index is 431. The Hall–Kier alpha value is -2.00. The van der Waals surface area contributed by atoms with Gasteiger partial charge in [0.1, 0.15) is 0 Å². The second-order valence-electron chi connectivity index (χ2n) is 5.12. The second-order valence-corrected chi connectivity index (χ2v) is 5.12. The fourth-order valence-corrected chi connectivity index (χ4v) is 2.18. The Morgan fingerprint density at radius 3 is 2.68 bits per heavy atom. The van der Waals surface area contributed by atoms with Gasteiger partial charge in [-0.05, 0) is 14.0 Å². The molecule has 1 unspecified atom stereocenters. The summed E-state index contributed by atoms with van der Waals surface area (Å²) in [6, 6.07) is -0.0639. The van der Waals surface area contributed by atoms with Crippen molar-refractivity contribution in [2.24, 2.45) is 0 Å². The average Bonchev–Trinajstić information content (AvgIpc) is 3.01. The number of piperazine rings is 1. The van der Waals surface area contributed by atoms with E-state index in [1.807, 2.05) is 6.92 Å². The van der Waals surface area contributed by atoms with Crippen molar-refractivity contribution in [3.05, 3.63) is 11.9 Å². The first-order valence-electron chi connectivity index (χ1n) is 7.21. The molecular formula is C13H24N6O3. The number of hydrogen-bond donors (Lipinski definition) is 3. The molecule has 1 atom stereocenters. The first-order chi connectivity index (χ1) is 10.6. The lowest BCUT2D eigenvalue weighted by Crippen LogP contribution is -2.53. The summed E-state index contributed by atoms with van der Waals surface area (Å²) in [6.45, 7) is 6.27. The van der Waals surface area contributed by atoms with Gasteiger partial charge in [0.25, 0.3) is 6.47 Å². The molecule has 1 aliphatic rings. The summed E-state index contributed by atoms with van der Waals surface area (Å²) < 4.78 is 0. The Morgan fingerprint density at radius 1 is 1.50 bits per heavy atom. The molecule has 9 nitrogen and oxygen atoms in total. The predicted molar refractivity (Wildman–Crippen MR) is 80.3 cm³/mol. The number of likely N-dealkylation sites (N-methyl/N-ethyl adjacent to an activating group) is 1. The summed E-state index contributed by atoms with van der Waals surface area (Å²) in [5.74, 6) is 0.0908. The molecule has 9 heteroatoms. The van der Waals surface area contributed by atoms with Gasteiger partial charge in [-0.1, -0.05) is 0 Å². The van der Waals surface area contributed by atoms with Crippen molar-refractivity contribution in [1.29, 1.82) is 0 Å². The van der Waals surface area contributed by atoms with Gasteiger partial charge in [0.2, 0.25) is 5.91 Å². The summed E-state index contributed by atoms with van der Waals surface area (Å²) in [6.07, 6.45) is 2.38. The fourth-order valence-electron chi connectivity index (χ4n) is 2.18. The second kappa shape index (κ2) is 9.85. The third-order valence-corrected chi connectivity index (χ3v) is 3.61. The molecule has 2 heterocycles. The van der Waals surface area contributed by atoms with E-state index in [0.717, 1.165) is 31.9 Å². The van der Waals surface area contributed by atoms with E-state index in [2.05, 4.69) is 37.6 Å². The lowest BCUT2D eigenvalue weighted by molar-refractivity contribution is -0.126. The number of carbonyl (C=O) groups excluding carboxylic acids is 1. The number of carboxylic acid groups (broad SMARTS) is 1. The zero-order valence-electron chi connectivity index (χ0n) is 13.0. The number of aromatic amines is 1. The van der Waals surface area contributed by atoms with Gasteiger partial charge in [0.15, 0.2) is 0 Å². The van der Waals surface area contributed by atoms with Crippen LogP contribution in [0.4, 0.5) is 0 Å². The number of carbonyl (C=O) groups is 2. The van der Waals surface area contributed by atoms with Crippen molar-refractivity contribution in [3.8, 4) is 0 Å². The quantitative estimate of drug-likeness (QED) is 0.585. The van der Waals surface area contributed by atoms with Crippen molar-refractivity contribution < 1.29 is 14.7 Å². The molecule has 0 bridgehead atoms. The summed E-state index contributed by atoms with van der Waals surface area (Å²) in [4.78, 5) is 24.9. The summed E-state index contributed by atoms with van der Waals surface area (Å²) in [5.41, 5.74) is 0.868. The number of amides is 1. The van der Waals surface area contributed by atoms with Crippen LogP contribution < -0.4 is 5.32 Å². The average molecular weight is 312 g/mol. The fraction of sp³-hybridized carbons (Fsp3) is 0.692. The molecular weight excluding hydrogens is 288 g/mol. The molecule has 1 aliphatic heterocycles. The molecule has 22 heavy (non-hydrogen) atoms. The van der Waals surface area contributed by atoms with Gasteiger partial charge in [-0.15, -0.1) is 0 Å². The summed E-state index contributed by atoms with van der Waals surface area (Å²) in [5, 5.41) is 20.1. The van der Waals surface area contributed by atoms with Crippen LogP contribution in [0, 0.1) is 0 Å². The minimum absolute atomic E-state index is 0.0639.